The minimum atomic E-state index is -0.370. The van der Waals surface area contributed by atoms with E-state index in [1.807, 2.05) is 80.8 Å². The Balaban J connectivity index is 0.000000261. The highest BCUT2D eigenvalue weighted by molar-refractivity contribution is 7.22. The number of carbonyl (C=O) groups is 5. The first-order valence-electron chi connectivity index (χ1n) is 24.7. The number of β-amino-alcohol motifs (C(OH)–C–C–N with tert-alkyl or cyclic N) is 1. The van der Waals surface area contributed by atoms with Gasteiger partial charge in [-0.3, -0.25) is 24.1 Å². The molecule has 16 nitrogen and oxygen atoms in total. The van der Waals surface area contributed by atoms with Crippen LogP contribution < -0.4 is 26.2 Å². The zero-order valence-corrected chi connectivity index (χ0v) is 44.1. The third-order valence-corrected chi connectivity index (χ3v) is 13.7. The van der Waals surface area contributed by atoms with Crippen LogP contribution in [0.2, 0.25) is 0 Å². The normalized spacial score (nSPS) is 14.3. The molecule has 1 saturated heterocycles. The second-order valence-corrected chi connectivity index (χ2v) is 21.5. The summed E-state index contributed by atoms with van der Waals surface area (Å²) in [7, 11) is 1.97. The van der Waals surface area contributed by atoms with Gasteiger partial charge in [0.05, 0.1) is 44.2 Å². The maximum absolute atomic E-state index is 12.8. The van der Waals surface area contributed by atoms with Crippen molar-refractivity contribution in [3.05, 3.63) is 71.5 Å². The number of aliphatic hydroxyl groups excluding tert-OH is 1. The van der Waals surface area contributed by atoms with E-state index in [2.05, 4.69) is 58.5 Å². The molecule has 18 heteroatoms. The molecule has 0 saturated carbocycles. The summed E-state index contributed by atoms with van der Waals surface area (Å²) < 4.78 is 6.43. The number of hydrogen-bond acceptors (Lipinski definition) is 13. The lowest BCUT2D eigenvalue weighted by Crippen LogP contribution is -2.44. The quantitative estimate of drug-likeness (QED) is 0.0451. The molecule has 7 rings (SSSR count). The minimum absolute atomic E-state index is 0.0166. The molecule has 1 atom stereocenters. The predicted octanol–water partition coefficient (Wildman–Crippen LogP) is 9.86. The van der Waals surface area contributed by atoms with Crippen molar-refractivity contribution < 1.29 is 33.8 Å². The summed E-state index contributed by atoms with van der Waals surface area (Å²) >= 11 is 3.09. The number of primary amides is 1. The van der Waals surface area contributed by atoms with Gasteiger partial charge in [0, 0.05) is 70.8 Å². The van der Waals surface area contributed by atoms with E-state index >= 15 is 0 Å². The SMILES string of the molecule is CC(C)(C)CC(=O)N1CCC(O)C1.CC(C)OC(=O)N1CCN(C)c2ncc(-c3ccc4nc(NC(=O)CCCCCCCCCCC(N)=O)sc4c3)cc21.Cc1ncsc1-c1ccc(CNC=O)cc1. The molecular formula is C53H73N9O7S2. The summed E-state index contributed by atoms with van der Waals surface area (Å²) in [5, 5.41) is 15.4. The number of amides is 5. The van der Waals surface area contributed by atoms with Crippen LogP contribution in [0.4, 0.5) is 21.4 Å². The number of benzene rings is 2. The summed E-state index contributed by atoms with van der Waals surface area (Å²) in [5.41, 5.74) is 13.8. The molecule has 5 amide bonds. The average molecular weight is 1010 g/mol. The molecule has 2 aromatic carbocycles. The summed E-state index contributed by atoms with van der Waals surface area (Å²) in [6.07, 6.45) is 12.2. The second kappa shape index (κ2) is 27.6. The number of anilines is 3. The molecule has 2 aliphatic rings. The van der Waals surface area contributed by atoms with Crippen LogP contribution in [0, 0.1) is 12.3 Å². The highest BCUT2D eigenvalue weighted by Crippen LogP contribution is 2.37. The molecule has 0 aliphatic carbocycles. The van der Waals surface area contributed by atoms with E-state index < -0.39 is 0 Å². The van der Waals surface area contributed by atoms with Gasteiger partial charge in [-0.05, 0) is 80.3 Å². The van der Waals surface area contributed by atoms with E-state index in [0.717, 1.165) is 108 Å². The lowest BCUT2D eigenvalue weighted by Gasteiger charge is -2.34. The fourth-order valence-corrected chi connectivity index (χ4v) is 9.79. The first-order valence-corrected chi connectivity index (χ1v) is 26.4. The van der Waals surface area contributed by atoms with E-state index in [1.165, 1.54) is 21.8 Å². The number of unbranched alkanes of at least 4 members (excludes halogenated alkanes) is 7. The largest absolute Gasteiger partial charge is 0.446 e. The molecule has 5 N–H and O–H groups in total. The van der Waals surface area contributed by atoms with Gasteiger partial charge < -0.3 is 36.0 Å². The van der Waals surface area contributed by atoms with Crippen molar-refractivity contribution >= 4 is 79.8 Å². The van der Waals surface area contributed by atoms with Crippen LogP contribution in [0.15, 0.2) is 60.2 Å². The molecule has 5 aromatic rings. The zero-order chi connectivity index (χ0) is 51.5. The molecular weight excluding hydrogens is 939 g/mol. The van der Waals surface area contributed by atoms with Crippen molar-refractivity contribution in [3.63, 3.8) is 0 Å². The molecule has 71 heavy (non-hydrogen) atoms. The topological polar surface area (TPSA) is 213 Å². The zero-order valence-electron chi connectivity index (χ0n) is 42.5. The second-order valence-electron chi connectivity index (χ2n) is 19.6. The van der Waals surface area contributed by atoms with Crippen molar-refractivity contribution in [3.8, 4) is 21.6 Å². The number of nitrogens with two attached hydrogens (primary N) is 1. The molecule has 5 heterocycles. The highest BCUT2D eigenvalue weighted by Gasteiger charge is 2.29. The van der Waals surface area contributed by atoms with Gasteiger partial charge in [-0.2, -0.15) is 0 Å². The smallest absolute Gasteiger partial charge is 0.414 e. The van der Waals surface area contributed by atoms with Crippen LogP contribution in [0.25, 0.3) is 31.8 Å². The Morgan fingerprint density at radius 3 is 2.18 bits per heavy atom. The van der Waals surface area contributed by atoms with E-state index in [4.69, 9.17) is 10.5 Å². The molecule has 0 radical (unpaired) electrons. The third kappa shape index (κ3) is 18.3. The third-order valence-electron chi connectivity index (χ3n) is 11.8. The van der Waals surface area contributed by atoms with Crippen LogP contribution in [0.1, 0.15) is 123 Å². The average Bonchev–Trinajstić information content (AvgIpc) is 4.07. The highest BCUT2D eigenvalue weighted by atomic mass is 32.1. The number of thiazole rings is 2. The van der Waals surface area contributed by atoms with Crippen LogP contribution >= 0.6 is 22.7 Å². The number of fused-ring (bicyclic) bond motifs is 2. The predicted molar refractivity (Wildman–Crippen MR) is 286 cm³/mol. The number of aliphatic hydroxyl groups is 1. The number of carbonyl (C=O) groups excluding carboxylic acids is 5. The van der Waals surface area contributed by atoms with E-state index in [0.29, 0.717) is 57.0 Å². The number of nitrogens with zero attached hydrogens (tertiary/aromatic N) is 6. The van der Waals surface area contributed by atoms with Crippen molar-refractivity contribution in [1.29, 1.82) is 0 Å². The molecule has 2 aliphatic heterocycles. The van der Waals surface area contributed by atoms with Crippen LogP contribution in [0.5, 0.6) is 0 Å². The molecule has 3 aromatic heterocycles. The number of pyridine rings is 1. The summed E-state index contributed by atoms with van der Waals surface area (Å²) in [6, 6.07) is 16.1. The summed E-state index contributed by atoms with van der Waals surface area (Å²) in [5.74, 6) is 0.674. The van der Waals surface area contributed by atoms with Gasteiger partial charge in [-0.15, -0.1) is 11.3 Å². The van der Waals surface area contributed by atoms with Gasteiger partial charge in [-0.1, -0.05) is 101 Å². The maximum atomic E-state index is 12.8. The first-order chi connectivity index (χ1) is 33.9. The monoisotopic (exact) mass is 1010 g/mol. The molecule has 1 unspecified atom stereocenters. The van der Waals surface area contributed by atoms with Gasteiger partial charge in [0.1, 0.15) is 0 Å². The Hall–Kier alpha value is -5.98. The summed E-state index contributed by atoms with van der Waals surface area (Å²) in [6.45, 7) is 14.9. The van der Waals surface area contributed by atoms with Crippen molar-refractivity contribution in [1.82, 2.24) is 25.2 Å². The van der Waals surface area contributed by atoms with Crippen molar-refractivity contribution in [2.75, 3.05) is 48.3 Å². The van der Waals surface area contributed by atoms with Crippen LogP contribution in [-0.2, 0) is 30.5 Å². The Morgan fingerprint density at radius 1 is 0.901 bits per heavy atom. The van der Waals surface area contributed by atoms with Crippen molar-refractivity contribution in [2.45, 2.75) is 137 Å². The summed E-state index contributed by atoms with van der Waals surface area (Å²) in [4.78, 5) is 78.0. The number of likely N-dealkylation sites (N-methyl/N-ethyl adjacent to an activating group) is 1. The van der Waals surface area contributed by atoms with Gasteiger partial charge in [0.25, 0.3) is 0 Å². The van der Waals surface area contributed by atoms with Crippen LogP contribution in [-0.4, -0.2) is 101 Å². The van der Waals surface area contributed by atoms with E-state index in [9.17, 15) is 29.1 Å². The van der Waals surface area contributed by atoms with Gasteiger partial charge in [-0.25, -0.2) is 19.7 Å². The Bertz CT molecular complexity index is 2520. The molecule has 0 spiro atoms. The fourth-order valence-electron chi connectivity index (χ4n) is 8.06. The number of aromatic nitrogens is 3. The van der Waals surface area contributed by atoms with Gasteiger partial charge in [0.15, 0.2) is 10.9 Å². The number of hydrogen-bond donors (Lipinski definition) is 4. The molecule has 0 bridgehead atoms. The van der Waals surface area contributed by atoms with E-state index in [1.54, 1.807) is 21.1 Å². The Kier molecular flexibility index (Phi) is 21.7. The maximum Gasteiger partial charge on any atom is 0.414 e. The number of ether oxygens (including phenoxy) is 1. The Morgan fingerprint density at radius 2 is 1.58 bits per heavy atom. The van der Waals surface area contributed by atoms with E-state index in [-0.39, 0.29) is 41.4 Å². The van der Waals surface area contributed by atoms with Gasteiger partial charge >= 0.3 is 6.09 Å². The number of likely N-dealkylation sites (tertiary alicyclic amines) is 1. The van der Waals surface area contributed by atoms with Gasteiger partial charge in [0.2, 0.25) is 24.1 Å². The Labute approximate surface area is 426 Å². The minimum Gasteiger partial charge on any atom is -0.446 e. The lowest BCUT2D eigenvalue weighted by molar-refractivity contribution is -0.132. The van der Waals surface area contributed by atoms with Crippen molar-refractivity contribution in [2.24, 2.45) is 11.1 Å². The molecule has 384 valence electrons. The number of rotatable bonds is 19. The first kappa shape index (κ1) is 55.9. The standard InChI is InChI=1S/C31H42N6O4S.C12H12N2OS.C10H19NO2/c1-21(2)41-31(40)37-17-16-36(3)29-25(37)18-23(20-33-29)22-14-15-24-26(19-22)42-30(34-24)35-28(39)13-11-9-7-5-4-6-8-10-12-27(32)38;1-9-12(16-8-14-9)11-4-2-10(3-5-11)6-13-7-15;1-10(2,3)6-9(13)11-5-4-8(12)7-11/h14-15,18-21H,4-13,16-17H2,1-3H3,(H2,32,38)(H,34,35,39);2-5,7-8H,6H2,1H3,(H,13,15);8,12H,4-7H2,1-3H3. The number of nitrogens with one attached hydrogen (secondary N) is 2. The fraction of sp³-hybridized carbons (Fsp3) is 0.509. The molecule has 1 fully saturated rings. The lowest BCUT2D eigenvalue weighted by atomic mass is 9.92. The van der Waals surface area contributed by atoms with Crippen LogP contribution in [0.3, 0.4) is 0 Å². The number of aryl methyl sites for hydroxylation is 1.